The van der Waals surface area contributed by atoms with Crippen LogP contribution in [0.25, 0.3) is 0 Å². The molecule has 88 valence electrons. The molecule has 1 aliphatic heterocycles. The highest BCUT2D eigenvalue weighted by atomic mass is 32.2. The zero-order valence-electron chi connectivity index (χ0n) is 9.14. The predicted octanol–water partition coefficient (Wildman–Crippen LogP) is 1.71. The van der Waals surface area contributed by atoms with E-state index in [9.17, 15) is 9.50 Å². The average Bonchev–Trinajstić information content (AvgIpc) is 2.33. The lowest BCUT2D eigenvalue weighted by molar-refractivity contribution is 0.0615. The lowest BCUT2D eigenvalue weighted by Crippen LogP contribution is -2.44. The van der Waals surface area contributed by atoms with Gasteiger partial charge in [0.15, 0.2) is 0 Å². The van der Waals surface area contributed by atoms with Crippen LogP contribution in [0.2, 0.25) is 0 Å². The number of nitrogens with zero attached hydrogens (tertiary/aromatic N) is 2. The molecule has 5 heteroatoms. The molecule has 1 aliphatic rings. The molecule has 2 atom stereocenters. The number of pyridine rings is 1. The highest BCUT2D eigenvalue weighted by Gasteiger charge is 2.27. The molecule has 0 aliphatic carbocycles. The molecular weight excluding hydrogens is 227 g/mol. The Morgan fingerprint density at radius 2 is 2.38 bits per heavy atom. The number of aliphatic hydroxyl groups is 1. The molecule has 0 radical (unpaired) electrons. The zero-order valence-corrected chi connectivity index (χ0v) is 9.95. The highest BCUT2D eigenvalue weighted by molar-refractivity contribution is 7.98. The number of piperidine rings is 1. The van der Waals surface area contributed by atoms with Crippen LogP contribution in [-0.4, -0.2) is 41.7 Å². The van der Waals surface area contributed by atoms with Crippen molar-refractivity contribution in [2.24, 2.45) is 0 Å². The van der Waals surface area contributed by atoms with Gasteiger partial charge in [0, 0.05) is 6.54 Å². The van der Waals surface area contributed by atoms with Gasteiger partial charge < -0.3 is 10.0 Å². The molecule has 1 aromatic rings. The Balaban J connectivity index is 2.06. The van der Waals surface area contributed by atoms with E-state index in [4.69, 9.17) is 0 Å². The van der Waals surface area contributed by atoms with Crippen molar-refractivity contribution in [1.82, 2.24) is 4.98 Å². The largest absolute Gasteiger partial charge is 0.390 e. The number of anilines is 1. The van der Waals surface area contributed by atoms with Gasteiger partial charge in [-0.25, -0.2) is 9.37 Å². The van der Waals surface area contributed by atoms with E-state index in [-0.39, 0.29) is 6.54 Å². The summed E-state index contributed by atoms with van der Waals surface area (Å²) in [6, 6.07) is 3.88. The number of aromatic nitrogens is 1. The first kappa shape index (κ1) is 11.7. The number of alkyl halides is 1. The molecule has 0 spiro atoms. The monoisotopic (exact) mass is 242 g/mol. The molecule has 0 unspecified atom stereocenters. The van der Waals surface area contributed by atoms with Gasteiger partial charge in [0.2, 0.25) is 0 Å². The highest BCUT2D eigenvalue weighted by Crippen LogP contribution is 2.22. The van der Waals surface area contributed by atoms with E-state index in [2.05, 4.69) is 4.98 Å². The van der Waals surface area contributed by atoms with E-state index in [1.807, 2.05) is 23.3 Å². The predicted molar refractivity (Wildman–Crippen MR) is 63.8 cm³/mol. The minimum atomic E-state index is -1.16. The Morgan fingerprint density at radius 1 is 1.56 bits per heavy atom. The quantitative estimate of drug-likeness (QED) is 0.801. The fourth-order valence-electron chi connectivity index (χ4n) is 1.81. The van der Waals surface area contributed by atoms with Crippen LogP contribution < -0.4 is 4.90 Å². The summed E-state index contributed by atoms with van der Waals surface area (Å²) < 4.78 is 13.3. The number of halogens is 1. The minimum absolute atomic E-state index is 0.251. The van der Waals surface area contributed by atoms with Crippen molar-refractivity contribution in [3.63, 3.8) is 0 Å². The Bertz CT molecular complexity index is 346. The van der Waals surface area contributed by atoms with Gasteiger partial charge in [-0.3, -0.25) is 0 Å². The second-order valence-corrected chi connectivity index (χ2v) is 4.70. The molecule has 2 rings (SSSR count). The summed E-state index contributed by atoms with van der Waals surface area (Å²) in [5, 5.41) is 10.3. The smallest absolute Gasteiger partial charge is 0.143 e. The Labute approximate surface area is 98.7 Å². The maximum absolute atomic E-state index is 13.3. The van der Waals surface area contributed by atoms with Gasteiger partial charge in [-0.15, -0.1) is 11.8 Å². The van der Waals surface area contributed by atoms with Crippen molar-refractivity contribution in [3.8, 4) is 0 Å². The van der Waals surface area contributed by atoms with E-state index in [0.29, 0.717) is 13.0 Å². The third-order valence-corrected chi connectivity index (χ3v) is 3.46. The zero-order chi connectivity index (χ0) is 11.5. The molecule has 1 aromatic heterocycles. The lowest BCUT2D eigenvalue weighted by Gasteiger charge is -2.33. The van der Waals surface area contributed by atoms with Crippen molar-refractivity contribution >= 4 is 17.4 Å². The Kier molecular flexibility index (Phi) is 3.66. The number of aliphatic hydroxyl groups excluding tert-OH is 1. The first-order chi connectivity index (χ1) is 7.70. The second-order valence-electron chi connectivity index (χ2n) is 3.88. The van der Waals surface area contributed by atoms with Crippen molar-refractivity contribution in [3.05, 3.63) is 18.3 Å². The molecule has 1 fully saturated rings. The van der Waals surface area contributed by atoms with E-state index in [1.54, 1.807) is 18.0 Å². The van der Waals surface area contributed by atoms with E-state index in [0.717, 1.165) is 10.7 Å². The molecule has 3 nitrogen and oxygen atoms in total. The van der Waals surface area contributed by atoms with Gasteiger partial charge in [-0.2, -0.15) is 0 Å². The van der Waals surface area contributed by atoms with Crippen LogP contribution in [0.5, 0.6) is 0 Å². The van der Waals surface area contributed by atoms with Crippen LogP contribution in [0.1, 0.15) is 6.42 Å². The van der Waals surface area contributed by atoms with Gasteiger partial charge in [0.05, 0.1) is 29.6 Å². The first-order valence-electron chi connectivity index (χ1n) is 5.28. The summed E-state index contributed by atoms with van der Waals surface area (Å²) >= 11 is 1.58. The van der Waals surface area contributed by atoms with Gasteiger partial charge in [-0.05, 0) is 24.8 Å². The average molecular weight is 242 g/mol. The number of thioether (sulfide) groups is 1. The molecule has 1 N–H and O–H groups in total. The van der Waals surface area contributed by atoms with Crippen LogP contribution in [0.3, 0.4) is 0 Å². The summed E-state index contributed by atoms with van der Waals surface area (Å²) in [7, 11) is 0. The molecular formula is C11H15FN2OS. The molecule has 0 saturated carbocycles. The molecule has 0 bridgehead atoms. The van der Waals surface area contributed by atoms with Crippen LogP contribution in [0.15, 0.2) is 23.4 Å². The molecule has 2 heterocycles. The van der Waals surface area contributed by atoms with Crippen LogP contribution in [0.4, 0.5) is 10.1 Å². The summed E-state index contributed by atoms with van der Waals surface area (Å²) in [4.78, 5) is 6.18. The van der Waals surface area contributed by atoms with Gasteiger partial charge in [0.25, 0.3) is 0 Å². The fourth-order valence-corrected chi connectivity index (χ4v) is 2.17. The van der Waals surface area contributed by atoms with Crippen LogP contribution in [0, 0.1) is 0 Å². The third kappa shape index (κ3) is 2.47. The third-order valence-electron chi connectivity index (χ3n) is 2.80. The van der Waals surface area contributed by atoms with Crippen LogP contribution >= 0.6 is 11.8 Å². The fraction of sp³-hybridized carbons (Fsp3) is 0.545. The van der Waals surface area contributed by atoms with Gasteiger partial charge >= 0.3 is 0 Å². The summed E-state index contributed by atoms with van der Waals surface area (Å²) in [5.41, 5.74) is 0.923. The minimum Gasteiger partial charge on any atom is -0.390 e. The van der Waals surface area contributed by atoms with Gasteiger partial charge in [0.1, 0.15) is 6.17 Å². The summed E-state index contributed by atoms with van der Waals surface area (Å²) in [5.74, 6) is 0. The number of hydrogen-bond acceptors (Lipinski definition) is 4. The maximum atomic E-state index is 13.3. The maximum Gasteiger partial charge on any atom is 0.143 e. The number of hydrogen-bond donors (Lipinski definition) is 1. The molecule has 0 aromatic carbocycles. The van der Waals surface area contributed by atoms with E-state index < -0.39 is 12.3 Å². The van der Waals surface area contributed by atoms with Gasteiger partial charge in [-0.1, -0.05) is 0 Å². The second kappa shape index (κ2) is 5.01. The van der Waals surface area contributed by atoms with Crippen molar-refractivity contribution in [2.75, 3.05) is 24.2 Å². The molecule has 1 saturated heterocycles. The summed E-state index contributed by atoms with van der Waals surface area (Å²) in [6.45, 7) is 0.934. The first-order valence-corrected chi connectivity index (χ1v) is 6.50. The lowest BCUT2D eigenvalue weighted by atomic mass is 10.1. The van der Waals surface area contributed by atoms with Crippen LogP contribution in [-0.2, 0) is 0 Å². The summed E-state index contributed by atoms with van der Waals surface area (Å²) in [6.07, 6.45) is 2.24. The van der Waals surface area contributed by atoms with E-state index in [1.165, 1.54) is 0 Å². The van der Waals surface area contributed by atoms with Crippen molar-refractivity contribution in [1.29, 1.82) is 0 Å². The van der Waals surface area contributed by atoms with E-state index >= 15 is 0 Å². The van der Waals surface area contributed by atoms with Crippen molar-refractivity contribution < 1.29 is 9.50 Å². The standard InChI is InChI=1S/C11H15FN2OS/c1-16-11-3-2-8(6-13-11)14-5-4-10(15)9(12)7-14/h2-3,6,9-10,15H,4-5,7H2,1H3/t9-,10+/m1/s1. The topological polar surface area (TPSA) is 36.4 Å². The molecule has 16 heavy (non-hydrogen) atoms. The van der Waals surface area contributed by atoms with Crippen molar-refractivity contribution in [2.45, 2.75) is 23.7 Å². The SMILES string of the molecule is CSc1ccc(N2CC[C@H](O)[C@H](F)C2)cn1. The Hall–Kier alpha value is -0.810. The normalized spacial score (nSPS) is 25.8. The molecule has 0 amide bonds. The Morgan fingerprint density at radius 3 is 2.94 bits per heavy atom. The number of rotatable bonds is 2.